The average molecular weight is 549 g/mol. The van der Waals surface area contributed by atoms with Crippen molar-refractivity contribution in [3.05, 3.63) is 77.9 Å². The molecule has 39 heavy (non-hydrogen) atoms. The number of rotatable bonds is 9. The lowest BCUT2D eigenvalue weighted by Crippen LogP contribution is -2.45. The SMILES string of the molecule is COc1ccc([C@H]2Sc3ccccc3N(CCN(C)CCc3ccc4c(c3)OCO4)C(=O)[C@H]2OC(C)=O)cc1. The van der Waals surface area contributed by atoms with Crippen molar-refractivity contribution < 1.29 is 28.5 Å². The number of methoxy groups -OCH3 is 1. The molecule has 0 bridgehead atoms. The van der Waals surface area contributed by atoms with Crippen LogP contribution in [0.4, 0.5) is 5.69 Å². The minimum atomic E-state index is -0.966. The van der Waals surface area contributed by atoms with Crippen LogP contribution in [-0.2, 0) is 20.7 Å². The van der Waals surface area contributed by atoms with Crippen molar-refractivity contribution in [2.45, 2.75) is 29.6 Å². The monoisotopic (exact) mass is 548 g/mol. The van der Waals surface area contributed by atoms with Crippen molar-refractivity contribution in [3.8, 4) is 17.2 Å². The van der Waals surface area contributed by atoms with Gasteiger partial charge in [0.2, 0.25) is 6.79 Å². The summed E-state index contributed by atoms with van der Waals surface area (Å²) in [6.07, 6.45) is -0.129. The summed E-state index contributed by atoms with van der Waals surface area (Å²) >= 11 is 1.54. The topological polar surface area (TPSA) is 77.5 Å². The molecule has 5 rings (SSSR count). The molecule has 1 amide bonds. The highest BCUT2D eigenvalue weighted by Gasteiger charge is 2.40. The third kappa shape index (κ3) is 6.15. The van der Waals surface area contributed by atoms with Crippen LogP contribution in [0.5, 0.6) is 17.2 Å². The lowest BCUT2D eigenvalue weighted by Gasteiger charge is -2.29. The van der Waals surface area contributed by atoms with Crippen molar-refractivity contribution in [2.24, 2.45) is 0 Å². The number of anilines is 1. The lowest BCUT2D eigenvalue weighted by molar-refractivity contribution is -0.152. The number of hydrogen-bond donors (Lipinski definition) is 0. The molecule has 0 spiro atoms. The van der Waals surface area contributed by atoms with Gasteiger partial charge in [-0.3, -0.25) is 9.59 Å². The number of benzene rings is 3. The van der Waals surface area contributed by atoms with E-state index in [0.717, 1.165) is 51.9 Å². The molecule has 2 heterocycles. The van der Waals surface area contributed by atoms with E-state index in [1.54, 1.807) is 12.0 Å². The molecular weight excluding hydrogens is 516 g/mol. The van der Waals surface area contributed by atoms with Gasteiger partial charge < -0.3 is 28.7 Å². The molecule has 2 aliphatic rings. The third-order valence-corrected chi connectivity index (χ3v) is 8.23. The fraction of sp³-hybridized carbons (Fsp3) is 0.333. The molecule has 0 saturated carbocycles. The Hall–Kier alpha value is -3.69. The first-order chi connectivity index (χ1) is 18.9. The molecule has 2 atom stereocenters. The Morgan fingerprint density at radius 3 is 2.59 bits per heavy atom. The van der Waals surface area contributed by atoms with Crippen molar-refractivity contribution >= 4 is 29.3 Å². The van der Waals surface area contributed by atoms with Crippen LogP contribution in [0.3, 0.4) is 0 Å². The van der Waals surface area contributed by atoms with E-state index in [9.17, 15) is 9.59 Å². The van der Waals surface area contributed by atoms with Gasteiger partial charge in [0.15, 0.2) is 17.6 Å². The Morgan fingerprint density at radius 1 is 1.05 bits per heavy atom. The molecule has 3 aromatic carbocycles. The molecule has 0 aromatic heterocycles. The van der Waals surface area contributed by atoms with E-state index < -0.39 is 17.3 Å². The van der Waals surface area contributed by atoms with Crippen LogP contribution in [0.2, 0.25) is 0 Å². The first kappa shape index (κ1) is 26.9. The minimum absolute atomic E-state index is 0.229. The number of fused-ring (bicyclic) bond motifs is 2. The number of likely N-dealkylation sites (N-methyl/N-ethyl adjacent to an activating group) is 1. The summed E-state index contributed by atoms with van der Waals surface area (Å²) in [6, 6.07) is 21.4. The van der Waals surface area contributed by atoms with Crippen LogP contribution >= 0.6 is 11.8 Å². The van der Waals surface area contributed by atoms with Gasteiger partial charge in [-0.1, -0.05) is 30.3 Å². The fourth-order valence-corrected chi connectivity index (χ4v) is 6.06. The van der Waals surface area contributed by atoms with Crippen molar-refractivity contribution in [3.63, 3.8) is 0 Å². The van der Waals surface area contributed by atoms with E-state index >= 15 is 0 Å². The fourth-order valence-electron chi connectivity index (χ4n) is 4.74. The maximum atomic E-state index is 14.0. The van der Waals surface area contributed by atoms with Crippen LogP contribution in [0.15, 0.2) is 71.6 Å². The largest absolute Gasteiger partial charge is 0.497 e. The normalized spacial score (nSPS) is 18.1. The molecular formula is C30H32N2O6S. The van der Waals surface area contributed by atoms with Crippen molar-refractivity contribution in [1.82, 2.24) is 4.90 Å². The standard InChI is InChI=1S/C30H32N2O6S/c1-20(33)38-28-29(22-9-11-23(35-3)12-10-22)39-27-7-5-4-6-24(27)32(30(28)34)17-16-31(2)15-14-21-8-13-25-26(18-21)37-19-36-25/h4-13,18,28-29H,14-17,19H2,1-3H3/t28-,29+/m0/s1. The summed E-state index contributed by atoms with van der Waals surface area (Å²) in [6.45, 7) is 3.52. The zero-order chi connectivity index (χ0) is 27.4. The molecule has 8 nitrogen and oxygen atoms in total. The van der Waals surface area contributed by atoms with Gasteiger partial charge in [-0.15, -0.1) is 11.8 Å². The van der Waals surface area contributed by atoms with E-state index in [1.807, 2.05) is 67.7 Å². The predicted octanol–water partition coefficient (Wildman–Crippen LogP) is 4.71. The average Bonchev–Trinajstić information content (AvgIpc) is 3.38. The number of amides is 1. The zero-order valence-electron chi connectivity index (χ0n) is 22.3. The van der Waals surface area contributed by atoms with Gasteiger partial charge in [0.05, 0.1) is 18.0 Å². The van der Waals surface area contributed by atoms with Gasteiger partial charge in [-0.2, -0.15) is 0 Å². The van der Waals surface area contributed by atoms with E-state index in [4.69, 9.17) is 18.9 Å². The second-order valence-corrected chi connectivity index (χ2v) is 10.7. The van der Waals surface area contributed by atoms with Crippen LogP contribution in [0.25, 0.3) is 0 Å². The molecule has 9 heteroatoms. The number of para-hydroxylation sites is 1. The van der Waals surface area contributed by atoms with Gasteiger partial charge in [0.25, 0.3) is 5.91 Å². The van der Waals surface area contributed by atoms with Crippen molar-refractivity contribution in [1.29, 1.82) is 0 Å². The number of esters is 1. The molecule has 3 aromatic rings. The minimum Gasteiger partial charge on any atom is -0.497 e. The molecule has 204 valence electrons. The number of carbonyl (C=O) groups excluding carboxylic acids is 2. The molecule has 0 fully saturated rings. The number of thioether (sulfide) groups is 1. The van der Waals surface area contributed by atoms with Crippen LogP contribution in [-0.4, -0.2) is 63.5 Å². The Labute approximate surface area is 232 Å². The van der Waals surface area contributed by atoms with Crippen LogP contribution in [0.1, 0.15) is 23.3 Å². The second kappa shape index (κ2) is 12.0. The number of hydrogen-bond acceptors (Lipinski definition) is 8. The summed E-state index contributed by atoms with van der Waals surface area (Å²) in [5.74, 6) is 1.56. The molecule has 2 aliphatic heterocycles. The Morgan fingerprint density at radius 2 is 1.82 bits per heavy atom. The highest BCUT2D eigenvalue weighted by Crippen LogP contribution is 2.46. The van der Waals surface area contributed by atoms with Crippen LogP contribution in [0, 0.1) is 0 Å². The van der Waals surface area contributed by atoms with E-state index in [-0.39, 0.29) is 12.7 Å². The molecule has 0 saturated heterocycles. The summed E-state index contributed by atoms with van der Waals surface area (Å²) in [5.41, 5.74) is 2.87. The quantitative estimate of drug-likeness (QED) is 0.356. The Bertz CT molecular complexity index is 1330. The molecule has 0 unspecified atom stereocenters. The lowest BCUT2D eigenvalue weighted by atomic mass is 10.1. The number of nitrogens with zero attached hydrogens (tertiary/aromatic N) is 2. The van der Waals surface area contributed by atoms with E-state index in [0.29, 0.717) is 13.1 Å². The Kier molecular flexibility index (Phi) is 8.28. The van der Waals surface area contributed by atoms with Gasteiger partial charge in [0, 0.05) is 31.5 Å². The van der Waals surface area contributed by atoms with Crippen LogP contribution < -0.4 is 19.1 Å². The zero-order valence-corrected chi connectivity index (χ0v) is 23.1. The Balaban J connectivity index is 1.33. The summed E-state index contributed by atoms with van der Waals surface area (Å²) in [5, 5.41) is -0.401. The highest BCUT2D eigenvalue weighted by atomic mass is 32.2. The smallest absolute Gasteiger partial charge is 0.303 e. The maximum Gasteiger partial charge on any atom is 0.303 e. The van der Waals surface area contributed by atoms with Gasteiger partial charge in [-0.05, 0) is 61.0 Å². The highest BCUT2D eigenvalue weighted by molar-refractivity contribution is 7.99. The van der Waals surface area contributed by atoms with Crippen molar-refractivity contribution in [2.75, 3.05) is 45.5 Å². The number of ether oxygens (including phenoxy) is 4. The third-order valence-electron chi connectivity index (χ3n) is 6.86. The first-order valence-electron chi connectivity index (χ1n) is 12.9. The van der Waals surface area contributed by atoms with E-state index in [2.05, 4.69) is 11.0 Å². The maximum absolute atomic E-state index is 14.0. The van der Waals surface area contributed by atoms with Gasteiger partial charge in [-0.25, -0.2) is 0 Å². The van der Waals surface area contributed by atoms with Gasteiger partial charge in [0.1, 0.15) is 5.75 Å². The summed E-state index contributed by atoms with van der Waals surface area (Å²) in [4.78, 5) is 31.1. The molecule has 0 N–H and O–H groups in total. The molecule has 0 aliphatic carbocycles. The second-order valence-electron chi connectivity index (χ2n) is 9.54. The summed E-state index contributed by atoms with van der Waals surface area (Å²) < 4.78 is 21.9. The molecule has 0 radical (unpaired) electrons. The predicted molar refractivity (Wildman–Crippen MR) is 150 cm³/mol. The first-order valence-corrected chi connectivity index (χ1v) is 13.8. The number of carbonyl (C=O) groups is 2. The van der Waals surface area contributed by atoms with E-state index in [1.165, 1.54) is 18.7 Å². The summed E-state index contributed by atoms with van der Waals surface area (Å²) in [7, 11) is 3.65. The van der Waals surface area contributed by atoms with Gasteiger partial charge >= 0.3 is 5.97 Å².